The number of aromatic nitrogens is 1. The summed E-state index contributed by atoms with van der Waals surface area (Å²) in [7, 11) is 0. The van der Waals surface area contributed by atoms with Crippen LogP contribution < -0.4 is 10.2 Å². The minimum Gasteiger partial charge on any atom is -0.460 e. The number of benzene rings is 1. The Hall–Kier alpha value is -2.63. The van der Waals surface area contributed by atoms with Crippen LogP contribution in [-0.2, 0) is 17.8 Å². The van der Waals surface area contributed by atoms with Crippen LogP contribution >= 0.6 is 0 Å². The van der Waals surface area contributed by atoms with Crippen molar-refractivity contribution in [3.05, 3.63) is 71.6 Å². The molecule has 0 unspecified atom stereocenters. The van der Waals surface area contributed by atoms with Gasteiger partial charge in [0.1, 0.15) is 17.3 Å². The molecule has 0 bridgehead atoms. The molecule has 1 aliphatic heterocycles. The van der Waals surface area contributed by atoms with E-state index in [-0.39, 0.29) is 0 Å². The summed E-state index contributed by atoms with van der Waals surface area (Å²) in [6.07, 6.45) is 1.86. The van der Waals surface area contributed by atoms with Crippen LogP contribution in [0.1, 0.15) is 16.9 Å². The van der Waals surface area contributed by atoms with Crippen LogP contribution in [0.2, 0.25) is 0 Å². The molecule has 0 aliphatic carbocycles. The maximum atomic E-state index is 5.99. The largest absolute Gasteiger partial charge is 0.460 e. The molecule has 5 heteroatoms. The van der Waals surface area contributed by atoms with E-state index in [4.69, 9.17) is 9.15 Å². The lowest BCUT2D eigenvalue weighted by Crippen LogP contribution is -2.37. The number of aryl methyl sites for hydroxylation is 1. The third-order valence-corrected chi connectivity index (χ3v) is 4.79. The van der Waals surface area contributed by atoms with Crippen molar-refractivity contribution >= 4 is 5.82 Å². The molecule has 3 heterocycles. The van der Waals surface area contributed by atoms with Crippen LogP contribution in [0.3, 0.4) is 0 Å². The third-order valence-electron chi connectivity index (χ3n) is 4.79. The van der Waals surface area contributed by atoms with Gasteiger partial charge in [0.2, 0.25) is 0 Å². The van der Waals surface area contributed by atoms with Crippen molar-refractivity contribution in [2.24, 2.45) is 0 Å². The quantitative estimate of drug-likeness (QED) is 0.722. The van der Waals surface area contributed by atoms with Gasteiger partial charge in [-0.1, -0.05) is 35.9 Å². The molecule has 0 spiro atoms. The molecule has 3 aromatic rings. The zero-order valence-corrected chi connectivity index (χ0v) is 15.6. The SMILES string of the molecule is Cc1ccc(-c2ccc(CNCc3cccnc3N3CCOCC3)o2)cc1. The fourth-order valence-corrected chi connectivity index (χ4v) is 3.29. The number of nitrogens with zero attached hydrogens (tertiary/aromatic N) is 2. The van der Waals surface area contributed by atoms with Gasteiger partial charge < -0.3 is 19.4 Å². The van der Waals surface area contributed by atoms with Crippen molar-refractivity contribution < 1.29 is 9.15 Å². The van der Waals surface area contributed by atoms with Crippen LogP contribution in [0.15, 0.2) is 59.1 Å². The number of morpholine rings is 1. The summed E-state index contributed by atoms with van der Waals surface area (Å²) in [6, 6.07) is 16.6. The van der Waals surface area contributed by atoms with Crippen molar-refractivity contribution in [2.75, 3.05) is 31.2 Å². The number of nitrogens with one attached hydrogen (secondary N) is 1. The van der Waals surface area contributed by atoms with Gasteiger partial charge >= 0.3 is 0 Å². The first-order chi connectivity index (χ1) is 13.3. The lowest BCUT2D eigenvalue weighted by molar-refractivity contribution is 0.122. The second kappa shape index (κ2) is 8.37. The normalized spacial score (nSPS) is 14.5. The van der Waals surface area contributed by atoms with Crippen molar-refractivity contribution in [3.8, 4) is 11.3 Å². The summed E-state index contributed by atoms with van der Waals surface area (Å²) in [5, 5.41) is 3.48. The number of rotatable bonds is 6. The summed E-state index contributed by atoms with van der Waals surface area (Å²) in [5.41, 5.74) is 3.55. The molecular formula is C22H25N3O2. The molecule has 0 radical (unpaired) electrons. The lowest BCUT2D eigenvalue weighted by atomic mass is 10.1. The topological polar surface area (TPSA) is 50.5 Å². The zero-order chi connectivity index (χ0) is 18.5. The second-order valence-corrected chi connectivity index (χ2v) is 6.82. The second-order valence-electron chi connectivity index (χ2n) is 6.82. The molecule has 4 rings (SSSR count). The van der Waals surface area contributed by atoms with Gasteiger partial charge in [-0.15, -0.1) is 0 Å². The van der Waals surface area contributed by atoms with E-state index < -0.39 is 0 Å². The summed E-state index contributed by atoms with van der Waals surface area (Å²) in [6.45, 7) is 6.83. The number of hydrogen-bond donors (Lipinski definition) is 1. The highest BCUT2D eigenvalue weighted by Crippen LogP contribution is 2.23. The Labute approximate surface area is 160 Å². The van der Waals surface area contributed by atoms with Gasteiger partial charge in [-0.3, -0.25) is 0 Å². The predicted octanol–water partition coefficient (Wildman–Crippen LogP) is 3.78. The molecule has 1 aromatic carbocycles. The molecule has 1 N–H and O–H groups in total. The summed E-state index contributed by atoms with van der Waals surface area (Å²) in [5.74, 6) is 2.89. The Bertz CT molecular complexity index is 867. The van der Waals surface area contributed by atoms with Gasteiger partial charge in [0.05, 0.1) is 19.8 Å². The highest BCUT2D eigenvalue weighted by molar-refractivity contribution is 5.57. The first-order valence-electron chi connectivity index (χ1n) is 9.43. The average Bonchev–Trinajstić information content (AvgIpc) is 3.18. The Balaban J connectivity index is 1.37. The summed E-state index contributed by atoms with van der Waals surface area (Å²) >= 11 is 0. The van der Waals surface area contributed by atoms with E-state index in [0.29, 0.717) is 6.54 Å². The monoisotopic (exact) mass is 363 g/mol. The summed E-state index contributed by atoms with van der Waals surface area (Å²) in [4.78, 5) is 6.88. The Kier molecular flexibility index (Phi) is 5.51. The number of anilines is 1. The number of furan rings is 1. The first-order valence-corrected chi connectivity index (χ1v) is 9.43. The van der Waals surface area contributed by atoms with Crippen molar-refractivity contribution in [1.82, 2.24) is 10.3 Å². The van der Waals surface area contributed by atoms with Crippen molar-refractivity contribution in [3.63, 3.8) is 0 Å². The molecular weight excluding hydrogens is 338 g/mol. The Morgan fingerprint density at radius 3 is 2.63 bits per heavy atom. The highest BCUT2D eigenvalue weighted by atomic mass is 16.5. The molecule has 1 saturated heterocycles. The molecule has 0 saturated carbocycles. The van der Waals surface area contributed by atoms with Gasteiger partial charge in [0.25, 0.3) is 0 Å². The van der Waals surface area contributed by atoms with Crippen LogP contribution in [0.25, 0.3) is 11.3 Å². The van der Waals surface area contributed by atoms with Gasteiger partial charge in [-0.2, -0.15) is 0 Å². The number of pyridine rings is 1. The molecule has 1 fully saturated rings. The van der Waals surface area contributed by atoms with Gasteiger partial charge in [-0.05, 0) is 25.1 Å². The maximum absolute atomic E-state index is 5.99. The number of hydrogen-bond acceptors (Lipinski definition) is 5. The lowest BCUT2D eigenvalue weighted by Gasteiger charge is -2.29. The minimum absolute atomic E-state index is 0.684. The van der Waals surface area contributed by atoms with E-state index in [1.54, 1.807) is 0 Å². The maximum Gasteiger partial charge on any atom is 0.134 e. The Morgan fingerprint density at radius 2 is 1.81 bits per heavy atom. The smallest absolute Gasteiger partial charge is 0.134 e. The van der Waals surface area contributed by atoms with E-state index in [0.717, 1.165) is 55.7 Å². The molecule has 1 aliphatic rings. The molecule has 140 valence electrons. The Morgan fingerprint density at radius 1 is 1.00 bits per heavy atom. The van der Waals surface area contributed by atoms with Gasteiger partial charge in [0.15, 0.2) is 0 Å². The van der Waals surface area contributed by atoms with E-state index in [2.05, 4.69) is 52.5 Å². The van der Waals surface area contributed by atoms with Crippen molar-refractivity contribution in [1.29, 1.82) is 0 Å². The van der Waals surface area contributed by atoms with Crippen LogP contribution in [0.5, 0.6) is 0 Å². The zero-order valence-electron chi connectivity index (χ0n) is 15.6. The van der Waals surface area contributed by atoms with Gasteiger partial charge in [0, 0.05) is 37.0 Å². The predicted molar refractivity (Wildman–Crippen MR) is 107 cm³/mol. The van der Waals surface area contributed by atoms with Gasteiger partial charge in [-0.25, -0.2) is 4.98 Å². The molecule has 0 amide bonds. The average molecular weight is 363 g/mol. The van der Waals surface area contributed by atoms with Crippen LogP contribution in [-0.4, -0.2) is 31.3 Å². The standard InChI is InChI=1S/C22H25N3O2/c1-17-4-6-18(7-5-17)21-9-8-20(27-21)16-23-15-19-3-2-10-24-22(19)25-11-13-26-14-12-25/h2-10,23H,11-16H2,1H3. The first kappa shape index (κ1) is 17.8. The summed E-state index contributed by atoms with van der Waals surface area (Å²) < 4.78 is 11.4. The molecule has 27 heavy (non-hydrogen) atoms. The number of ether oxygens (including phenoxy) is 1. The van der Waals surface area contributed by atoms with Crippen molar-refractivity contribution in [2.45, 2.75) is 20.0 Å². The molecule has 2 aromatic heterocycles. The van der Waals surface area contributed by atoms with E-state index >= 15 is 0 Å². The van der Waals surface area contributed by atoms with E-state index in [1.807, 2.05) is 24.4 Å². The van der Waals surface area contributed by atoms with Crippen LogP contribution in [0, 0.1) is 6.92 Å². The van der Waals surface area contributed by atoms with E-state index in [1.165, 1.54) is 11.1 Å². The molecule has 5 nitrogen and oxygen atoms in total. The minimum atomic E-state index is 0.684. The molecule has 0 atom stereocenters. The van der Waals surface area contributed by atoms with Crippen LogP contribution in [0.4, 0.5) is 5.82 Å². The highest BCUT2D eigenvalue weighted by Gasteiger charge is 2.15. The third kappa shape index (κ3) is 4.38. The fraction of sp³-hybridized carbons (Fsp3) is 0.318. The fourth-order valence-electron chi connectivity index (χ4n) is 3.29. The van der Waals surface area contributed by atoms with E-state index in [9.17, 15) is 0 Å².